The van der Waals surface area contributed by atoms with Gasteiger partial charge in [0.1, 0.15) is 11.9 Å². The Kier molecular flexibility index (Phi) is 5.59. The predicted octanol–water partition coefficient (Wildman–Crippen LogP) is 2.64. The molecule has 114 valence electrons. The number of carbonyl (C=O) groups is 2. The van der Waals surface area contributed by atoms with Crippen molar-refractivity contribution < 1.29 is 23.8 Å². The quantitative estimate of drug-likeness (QED) is 0.475. The second-order valence-corrected chi connectivity index (χ2v) is 5.06. The number of hydrogen-bond donors (Lipinski definition) is 0. The number of ether oxygens (including phenoxy) is 3. The van der Waals surface area contributed by atoms with Gasteiger partial charge >= 0.3 is 5.97 Å². The highest BCUT2D eigenvalue weighted by Gasteiger charge is 2.20. The molecule has 5 nitrogen and oxygen atoms in total. The van der Waals surface area contributed by atoms with E-state index in [1.165, 1.54) is 12.1 Å². The minimum Gasteiger partial charge on any atom is -0.486 e. The van der Waals surface area contributed by atoms with Crippen LogP contribution in [-0.4, -0.2) is 37.7 Å². The molecule has 0 aliphatic carbocycles. The van der Waals surface area contributed by atoms with Gasteiger partial charge in [-0.1, -0.05) is 11.6 Å². The summed E-state index contributed by atoms with van der Waals surface area (Å²) in [6.45, 7) is 3.07. The molecule has 1 aromatic rings. The molecule has 0 bridgehead atoms. The van der Waals surface area contributed by atoms with Crippen LogP contribution in [0, 0.1) is 0 Å². The van der Waals surface area contributed by atoms with Gasteiger partial charge in [-0.3, -0.25) is 4.79 Å². The fourth-order valence-corrected chi connectivity index (χ4v) is 2.26. The zero-order valence-corrected chi connectivity index (χ0v) is 12.5. The molecule has 1 aromatic carbocycles. The van der Waals surface area contributed by atoms with Gasteiger partial charge in [-0.15, -0.1) is 0 Å². The van der Waals surface area contributed by atoms with E-state index in [0.29, 0.717) is 12.4 Å². The highest BCUT2D eigenvalue weighted by molar-refractivity contribution is 6.41. The highest BCUT2D eigenvalue weighted by atomic mass is 35.5. The molecule has 0 spiro atoms. The summed E-state index contributed by atoms with van der Waals surface area (Å²) < 4.78 is 15.7. The Morgan fingerprint density at radius 1 is 1.43 bits per heavy atom. The van der Waals surface area contributed by atoms with Crippen molar-refractivity contribution in [3.8, 4) is 5.75 Å². The average molecular weight is 313 g/mol. The number of ketones is 1. The summed E-state index contributed by atoms with van der Waals surface area (Å²) >= 11 is 6.10. The maximum Gasteiger partial charge on any atom is 0.379 e. The molecule has 1 heterocycles. The number of rotatable bonds is 5. The van der Waals surface area contributed by atoms with E-state index in [4.69, 9.17) is 21.1 Å². The summed E-state index contributed by atoms with van der Waals surface area (Å²) in [5.74, 6) is -1.12. The number of benzene rings is 1. The molecule has 1 atom stereocenters. The molecule has 2 rings (SSSR count). The van der Waals surface area contributed by atoms with Crippen LogP contribution in [-0.2, 0) is 14.3 Å². The van der Waals surface area contributed by atoms with Crippen molar-refractivity contribution in [1.29, 1.82) is 0 Å². The van der Waals surface area contributed by atoms with Crippen molar-refractivity contribution in [2.75, 3.05) is 19.8 Å². The molecule has 1 saturated heterocycles. The second kappa shape index (κ2) is 7.43. The van der Waals surface area contributed by atoms with Gasteiger partial charge in [-0.2, -0.15) is 0 Å². The molecule has 1 aliphatic heterocycles. The van der Waals surface area contributed by atoms with Crippen molar-refractivity contribution in [3.05, 3.63) is 28.8 Å². The third kappa shape index (κ3) is 4.19. The Hall–Kier alpha value is -1.59. The normalized spacial score (nSPS) is 18.1. The SMILES string of the molecule is CCOC(=O)C(=O)c1ccc(OC2CCCOC2)c(Cl)c1. The lowest BCUT2D eigenvalue weighted by Gasteiger charge is -2.23. The maximum atomic E-state index is 11.8. The van der Waals surface area contributed by atoms with Crippen LogP contribution < -0.4 is 4.74 Å². The summed E-state index contributed by atoms with van der Waals surface area (Å²) in [4.78, 5) is 23.2. The van der Waals surface area contributed by atoms with Gasteiger partial charge in [0, 0.05) is 12.2 Å². The van der Waals surface area contributed by atoms with Crippen molar-refractivity contribution in [1.82, 2.24) is 0 Å². The van der Waals surface area contributed by atoms with Crippen molar-refractivity contribution in [2.45, 2.75) is 25.9 Å². The van der Waals surface area contributed by atoms with Gasteiger partial charge in [-0.25, -0.2) is 4.79 Å². The van der Waals surface area contributed by atoms with Crippen LogP contribution in [0.3, 0.4) is 0 Å². The summed E-state index contributed by atoms with van der Waals surface area (Å²) in [5, 5.41) is 0.288. The van der Waals surface area contributed by atoms with Crippen LogP contribution in [0.5, 0.6) is 5.75 Å². The molecular formula is C15H17ClO5. The molecular weight excluding hydrogens is 296 g/mol. The Morgan fingerprint density at radius 2 is 2.24 bits per heavy atom. The summed E-state index contributed by atoms with van der Waals surface area (Å²) in [7, 11) is 0. The summed E-state index contributed by atoms with van der Waals surface area (Å²) in [6.07, 6.45) is 1.81. The Morgan fingerprint density at radius 3 is 2.86 bits per heavy atom. The lowest BCUT2D eigenvalue weighted by molar-refractivity contribution is -0.137. The third-order valence-corrected chi connectivity index (χ3v) is 3.36. The molecule has 1 unspecified atom stereocenters. The monoisotopic (exact) mass is 312 g/mol. The standard InChI is InChI=1S/C15H17ClO5/c1-2-20-15(18)14(17)10-5-6-13(12(16)8-10)21-11-4-3-7-19-9-11/h5-6,8,11H,2-4,7,9H2,1H3. The summed E-state index contributed by atoms with van der Waals surface area (Å²) in [6, 6.07) is 4.51. The molecule has 0 radical (unpaired) electrons. The van der Waals surface area contributed by atoms with E-state index >= 15 is 0 Å². The van der Waals surface area contributed by atoms with Crippen molar-refractivity contribution >= 4 is 23.4 Å². The first-order chi connectivity index (χ1) is 10.1. The number of halogens is 1. The second-order valence-electron chi connectivity index (χ2n) is 4.65. The van der Waals surface area contributed by atoms with Crippen LogP contribution in [0.1, 0.15) is 30.1 Å². The predicted molar refractivity (Wildman–Crippen MR) is 76.9 cm³/mol. The minimum absolute atomic E-state index is 0.0390. The topological polar surface area (TPSA) is 61.8 Å². The van der Waals surface area contributed by atoms with Gasteiger partial charge in [0.2, 0.25) is 0 Å². The number of carbonyl (C=O) groups excluding carboxylic acids is 2. The molecule has 0 N–H and O–H groups in total. The zero-order valence-electron chi connectivity index (χ0n) is 11.8. The summed E-state index contributed by atoms with van der Waals surface area (Å²) in [5.41, 5.74) is 0.186. The average Bonchev–Trinajstić information content (AvgIpc) is 2.50. The molecule has 1 aliphatic rings. The molecule has 21 heavy (non-hydrogen) atoms. The Bertz CT molecular complexity index is 523. The smallest absolute Gasteiger partial charge is 0.379 e. The Labute approximate surface area is 128 Å². The van der Waals surface area contributed by atoms with E-state index < -0.39 is 11.8 Å². The minimum atomic E-state index is -0.886. The van der Waals surface area contributed by atoms with Crippen molar-refractivity contribution in [3.63, 3.8) is 0 Å². The van der Waals surface area contributed by atoms with Gasteiger partial charge < -0.3 is 14.2 Å². The van der Waals surface area contributed by atoms with E-state index in [1.807, 2.05) is 0 Å². The number of hydrogen-bond acceptors (Lipinski definition) is 5. The third-order valence-electron chi connectivity index (χ3n) is 3.07. The number of esters is 1. The molecule has 0 amide bonds. The highest BCUT2D eigenvalue weighted by Crippen LogP contribution is 2.28. The molecule has 0 saturated carbocycles. The van der Waals surface area contributed by atoms with Gasteiger partial charge in [0.15, 0.2) is 0 Å². The van der Waals surface area contributed by atoms with Crippen LogP contribution in [0.2, 0.25) is 5.02 Å². The lowest BCUT2D eigenvalue weighted by atomic mass is 10.1. The Balaban J connectivity index is 2.06. The van der Waals surface area contributed by atoms with Crippen LogP contribution in [0.4, 0.5) is 0 Å². The number of Topliss-reactive ketones (excluding diaryl/α,β-unsaturated/α-hetero) is 1. The van der Waals surface area contributed by atoms with Crippen molar-refractivity contribution in [2.24, 2.45) is 0 Å². The fourth-order valence-electron chi connectivity index (χ4n) is 2.04. The largest absolute Gasteiger partial charge is 0.486 e. The first-order valence-electron chi connectivity index (χ1n) is 6.87. The molecule has 0 aromatic heterocycles. The fraction of sp³-hybridized carbons (Fsp3) is 0.467. The molecule has 1 fully saturated rings. The van der Waals surface area contributed by atoms with Crippen LogP contribution in [0.25, 0.3) is 0 Å². The van der Waals surface area contributed by atoms with E-state index in [2.05, 4.69) is 4.74 Å². The van der Waals surface area contributed by atoms with Gasteiger partial charge in [0.25, 0.3) is 5.78 Å². The maximum absolute atomic E-state index is 11.8. The first-order valence-corrected chi connectivity index (χ1v) is 7.25. The van der Waals surface area contributed by atoms with E-state index in [1.54, 1.807) is 13.0 Å². The van der Waals surface area contributed by atoms with Gasteiger partial charge in [0.05, 0.1) is 18.2 Å². The zero-order chi connectivity index (χ0) is 15.2. The van der Waals surface area contributed by atoms with E-state index in [-0.39, 0.29) is 23.3 Å². The molecule has 6 heteroatoms. The van der Waals surface area contributed by atoms with E-state index in [9.17, 15) is 9.59 Å². The van der Waals surface area contributed by atoms with Gasteiger partial charge in [-0.05, 0) is 38.0 Å². The van der Waals surface area contributed by atoms with Crippen LogP contribution >= 0.6 is 11.6 Å². The lowest BCUT2D eigenvalue weighted by Crippen LogP contribution is -2.28. The van der Waals surface area contributed by atoms with E-state index in [0.717, 1.165) is 19.4 Å². The van der Waals surface area contributed by atoms with Crippen LogP contribution in [0.15, 0.2) is 18.2 Å². The first kappa shape index (κ1) is 15.8.